The van der Waals surface area contributed by atoms with E-state index in [0.29, 0.717) is 13.2 Å². The van der Waals surface area contributed by atoms with Gasteiger partial charge in [-0.15, -0.1) is 0 Å². The maximum Gasteiger partial charge on any atom is 0.105 e. The Morgan fingerprint density at radius 1 is 1.44 bits per heavy atom. The summed E-state index contributed by atoms with van der Waals surface area (Å²) >= 11 is 0. The Balaban J connectivity index is 1.63. The molecule has 0 radical (unpaired) electrons. The molecule has 106 valence electrons. The molecule has 4 nitrogen and oxygen atoms in total. The molecule has 18 heavy (non-hydrogen) atoms. The number of rotatable bonds is 5. The lowest BCUT2D eigenvalue weighted by Gasteiger charge is -2.33. The van der Waals surface area contributed by atoms with Crippen LogP contribution in [0.15, 0.2) is 0 Å². The first kappa shape index (κ1) is 14.3. The molecule has 2 aliphatic rings. The summed E-state index contributed by atoms with van der Waals surface area (Å²) in [5.74, 6) is 0. The van der Waals surface area contributed by atoms with Gasteiger partial charge in [-0.25, -0.2) is 0 Å². The topological polar surface area (TPSA) is 44.7 Å². The summed E-state index contributed by atoms with van der Waals surface area (Å²) in [5.41, 5.74) is -0.654. The highest BCUT2D eigenvalue weighted by Gasteiger charge is 2.38. The molecule has 0 amide bonds. The summed E-state index contributed by atoms with van der Waals surface area (Å²) in [6.07, 6.45) is 5.93. The van der Waals surface area contributed by atoms with Gasteiger partial charge in [-0.05, 0) is 46.3 Å². The third-order valence-electron chi connectivity index (χ3n) is 4.67. The van der Waals surface area contributed by atoms with Crippen molar-refractivity contribution in [3.8, 4) is 0 Å². The van der Waals surface area contributed by atoms with Gasteiger partial charge in [0.15, 0.2) is 0 Å². The van der Waals surface area contributed by atoms with Gasteiger partial charge in [0.05, 0.1) is 6.10 Å². The number of likely N-dealkylation sites (tertiary alicyclic amines) is 1. The summed E-state index contributed by atoms with van der Waals surface area (Å²) < 4.78 is 5.43. The molecule has 0 aliphatic carbocycles. The molecule has 0 aromatic heterocycles. The lowest BCUT2D eigenvalue weighted by Crippen LogP contribution is -2.47. The van der Waals surface area contributed by atoms with Gasteiger partial charge in [0.1, 0.15) is 5.60 Å². The minimum absolute atomic E-state index is 0.0395. The Bertz CT molecular complexity index is 262. The predicted octanol–water partition coefficient (Wildman–Crippen LogP) is 0.990. The van der Waals surface area contributed by atoms with E-state index in [-0.39, 0.29) is 6.10 Å². The van der Waals surface area contributed by atoms with Crippen LogP contribution < -0.4 is 5.32 Å². The summed E-state index contributed by atoms with van der Waals surface area (Å²) in [6.45, 7) is 5.53. The molecule has 2 fully saturated rings. The highest BCUT2D eigenvalue weighted by Crippen LogP contribution is 2.24. The second kappa shape index (κ2) is 6.33. The summed E-state index contributed by atoms with van der Waals surface area (Å²) in [4.78, 5) is 2.47. The lowest BCUT2D eigenvalue weighted by atomic mass is 9.96. The van der Waals surface area contributed by atoms with Crippen LogP contribution in [-0.4, -0.2) is 61.0 Å². The van der Waals surface area contributed by atoms with Crippen LogP contribution in [0.25, 0.3) is 0 Å². The molecule has 3 unspecified atom stereocenters. The molecule has 3 atom stereocenters. The average Bonchev–Trinajstić information content (AvgIpc) is 2.68. The maximum atomic E-state index is 10.4. The quantitative estimate of drug-likeness (QED) is 0.720. The molecule has 0 bridgehead atoms. The summed E-state index contributed by atoms with van der Waals surface area (Å²) in [7, 11) is 2.23. The van der Waals surface area contributed by atoms with Crippen LogP contribution in [0.3, 0.4) is 0 Å². The summed E-state index contributed by atoms with van der Waals surface area (Å²) in [6, 6.07) is 0.721. The number of aliphatic hydroxyl groups is 1. The fourth-order valence-electron chi connectivity index (χ4n) is 3.09. The van der Waals surface area contributed by atoms with Crippen LogP contribution in [0, 0.1) is 0 Å². The largest absolute Gasteiger partial charge is 0.386 e. The minimum Gasteiger partial charge on any atom is -0.386 e. The molecule has 2 heterocycles. The Labute approximate surface area is 111 Å². The molecule has 4 heteroatoms. The van der Waals surface area contributed by atoms with Gasteiger partial charge in [-0.2, -0.15) is 0 Å². The standard InChI is InChI=1S/C14H28N2O2/c1-12-14(17,7-10-18-12)11-15-8-6-13-5-3-4-9-16(13)2/h12-13,15,17H,3-11H2,1-2H3. The zero-order chi connectivity index (χ0) is 13.0. The van der Waals surface area contributed by atoms with Gasteiger partial charge in [0.2, 0.25) is 0 Å². The smallest absolute Gasteiger partial charge is 0.105 e. The van der Waals surface area contributed by atoms with Gasteiger partial charge in [-0.3, -0.25) is 0 Å². The van der Waals surface area contributed by atoms with Gasteiger partial charge in [-0.1, -0.05) is 6.42 Å². The Kier molecular flexibility index (Phi) is 5.01. The van der Waals surface area contributed by atoms with Gasteiger partial charge < -0.3 is 20.1 Å². The van der Waals surface area contributed by atoms with Gasteiger partial charge in [0, 0.05) is 25.6 Å². The number of nitrogens with zero attached hydrogens (tertiary/aromatic N) is 1. The van der Waals surface area contributed by atoms with Gasteiger partial charge in [0.25, 0.3) is 0 Å². The van der Waals surface area contributed by atoms with E-state index >= 15 is 0 Å². The van der Waals surface area contributed by atoms with Crippen LogP contribution in [0.4, 0.5) is 0 Å². The van der Waals surface area contributed by atoms with Crippen LogP contribution in [0.1, 0.15) is 39.0 Å². The molecular formula is C14H28N2O2. The highest BCUT2D eigenvalue weighted by molar-refractivity contribution is 4.91. The van der Waals surface area contributed by atoms with Crippen LogP contribution in [-0.2, 0) is 4.74 Å². The average molecular weight is 256 g/mol. The van der Waals surface area contributed by atoms with Crippen molar-refractivity contribution in [2.75, 3.05) is 33.3 Å². The van der Waals surface area contributed by atoms with E-state index in [1.54, 1.807) is 0 Å². The third-order valence-corrected chi connectivity index (χ3v) is 4.67. The van der Waals surface area contributed by atoms with E-state index in [4.69, 9.17) is 4.74 Å². The van der Waals surface area contributed by atoms with Crippen LogP contribution in [0.2, 0.25) is 0 Å². The fourth-order valence-corrected chi connectivity index (χ4v) is 3.09. The molecule has 0 aromatic rings. The molecular weight excluding hydrogens is 228 g/mol. The van der Waals surface area contributed by atoms with Crippen molar-refractivity contribution in [1.82, 2.24) is 10.2 Å². The fraction of sp³-hybridized carbons (Fsp3) is 1.00. The number of hydrogen-bond donors (Lipinski definition) is 2. The van der Waals surface area contributed by atoms with Crippen molar-refractivity contribution in [2.45, 2.75) is 56.8 Å². The van der Waals surface area contributed by atoms with E-state index < -0.39 is 5.60 Å². The number of nitrogens with one attached hydrogen (secondary N) is 1. The minimum atomic E-state index is -0.654. The van der Waals surface area contributed by atoms with E-state index in [0.717, 1.165) is 19.0 Å². The van der Waals surface area contributed by atoms with E-state index in [2.05, 4.69) is 17.3 Å². The van der Waals surface area contributed by atoms with Crippen molar-refractivity contribution in [3.05, 3.63) is 0 Å². The zero-order valence-electron chi connectivity index (χ0n) is 11.8. The zero-order valence-corrected chi connectivity index (χ0v) is 11.8. The highest BCUT2D eigenvalue weighted by atomic mass is 16.5. The predicted molar refractivity (Wildman–Crippen MR) is 72.7 cm³/mol. The number of ether oxygens (including phenoxy) is 1. The van der Waals surface area contributed by atoms with E-state index in [1.807, 2.05) is 6.92 Å². The van der Waals surface area contributed by atoms with E-state index in [9.17, 15) is 5.11 Å². The summed E-state index contributed by atoms with van der Waals surface area (Å²) in [5, 5.41) is 13.8. The van der Waals surface area contributed by atoms with Gasteiger partial charge >= 0.3 is 0 Å². The first-order valence-electron chi connectivity index (χ1n) is 7.37. The number of piperidine rings is 1. The molecule has 0 aromatic carbocycles. The Morgan fingerprint density at radius 2 is 2.28 bits per heavy atom. The normalized spacial score (nSPS) is 38.2. The van der Waals surface area contributed by atoms with Crippen molar-refractivity contribution < 1.29 is 9.84 Å². The number of hydrogen-bond acceptors (Lipinski definition) is 4. The molecule has 2 N–H and O–H groups in total. The molecule has 2 aliphatic heterocycles. The first-order chi connectivity index (χ1) is 8.62. The second-order valence-corrected chi connectivity index (χ2v) is 5.96. The van der Waals surface area contributed by atoms with Crippen molar-refractivity contribution in [2.24, 2.45) is 0 Å². The van der Waals surface area contributed by atoms with Crippen molar-refractivity contribution >= 4 is 0 Å². The molecule has 2 saturated heterocycles. The van der Waals surface area contributed by atoms with Crippen LogP contribution >= 0.6 is 0 Å². The monoisotopic (exact) mass is 256 g/mol. The van der Waals surface area contributed by atoms with Crippen molar-refractivity contribution in [1.29, 1.82) is 0 Å². The lowest BCUT2D eigenvalue weighted by molar-refractivity contribution is -0.0262. The first-order valence-corrected chi connectivity index (χ1v) is 7.37. The Morgan fingerprint density at radius 3 is 2.94 bits per heavy atom. The van der Waals surface area contributed by atoms with Crippen LogP contribution in [0.5, 0.6) is 0 Å². The van der Waals surface area contributed by atoms with E-state index in [1.165, 1.54) is 32.2 Å². The van der Waals surface area contributed by atoms with Crippen molar-refractivity contribution in [3.63, 3.8) is 0 Å². The second-order valence-electron chi connectivity index (χ2n) is 5.96. The molecule has 0 spiro atoms. The Hall–Kier alpha value is -0.160. The molecule has 2 rings (SSSR count). The molecule has 0 saturated carbocycles. The maximum absolute atomic E-state index is 10.4. The third kappa shape index (κ3) is 3.44. The SMILES string of the molecule is CC1OCCC1(O)CNCCC1CCCCN1C.